The molecule has 1 fully saturated rings. The van der Waals surface area contributed by atoms with Gasteiger partial charge in [-0.15, -0.1) is 11.3 Å². The third kappa shape index (κ3) is 6.53. The van der Waals surface area contributed by atoms with E-state index < -0.39 is 0 Å². The third-order valence-electron chi connectivity index (χ3n) is 5.43. The fraction of sp³-hybridized carbons (Fsp3) is 0.292. The van der Waals surface area contributed by atoms with Gasteiger partial charge in [-0.1, -0.05) is 18.2 Å². The summed E-state index contributed by atoms with van der Waals surface area (Å²) in [6, 6.07) is 16.9. The van der Waals surface area contributed by atoms with Gasteiger partial charge in [0.15, 0.2) is 0 Å². The standard InChI is InChI=1S/C24H26N6O2S/c1-17-23(33-16-25-17)24(32)27-19-11-13-30(14-12-19)15-22(31)26-18-7-9-21(10-8-18)29-28-20-5-3-2-4-6-20/h2-10,16,19H,11-15H2,1H3,(H,26,31)(H,27,32). The van der Waals surface area contributed by atoms with Crippen molar-refractivity contribution in [2.45, 2.75) is 25.8 Å². The first-order chi connectivity index (χ1) is 16.1. The molecule has 1 saturated heterocycles. The van der Waals surface area contributed by atoms with Crippen molar-refractivity contribution in [2.24, 2.45) is 10.2 Å². The zero-order valence-electron chi connectivity index (χ0n) is 18.4. The summed E-state index contributed by atoms with van der Waals surface area (Å²) in [5, 5.41) is 14.4. The van der Waals surface area contributed by atoms with Gasteiger partial charge in [-0.05, 0) is 56.2 Å². The number of carbonyl (C=O) groups excluding carboxylic acids is 2. The van der Waals surface area contributed by atoms with E-state index in [1.165, 1.54) is 11.3 Å². The maximum absolute atomic E-state index is 12.5. The number of amides is 2. The van der Waals surface area contributed by atoms with Gasteiger partial charge < -0.3 is 10.6 Å². The van der Waals surface area contributed by atoms with Crippen LogP contribution in [-0.4, -0.2) is 47.4 Å². The Balaban J connectivity index is 1.20. The monoisotopic (exact) mass is 462 g/mol. The van der Waals surface area contributed by atoms with Gasteiger partial charge in [0.2, 0.25) is 5.91 Å². The number of likely N-dealkylation sites (tertiary alicyclic amines) is 1. The van der Waals surface area contributed by atoms with Crippen LogP contribution < -0.4 is 10.6 Å². The summed E-state index contributed by atoms with van der Waals surface area (Å²) in [7, 11) is 0. The minimum atomic E-state index is -0.0589. The van der Waals surface area contributed by atoms with Crippen LogP contribution in [0.3, 0.4) is 0 Å². The number of aromatic nitrogens is 1. The van der Waals surface area contributed by atoms with Gasteiger partial charge >= 0.3 is 0 Å². The van der Waals surface area contributed by atoms with Crippen LogP contribution in [0, 0.1) is 6.92 Å². The molecule has 1 aliphatic heterocycles. The summed E-state index contributed by atoms with van der Waals surface area (Å²) in [5.74, 6) is -0.116. The number of hydrogen-bond acceptors (Lipinski definition) is 7. The molecule has 1 aromatic heterocycles. The number of anilines is 1. The molecule has 8 nitrogen and oxygen atoms in total. The topological polar surface area (TPSA) is 99.0 Å². The number of rotatable bonds is 7. The van der Waals surface area contributed by atoms with Gasteiger partial charge in [0.25, 0.3) is 5.91 Å². The SMILES string of the molecule is Cc1ncsc1C(=O)NC1CCN(CC(=O)Nc2ccc(N=Nc3ccccc3)cc2)CC1. The molecule has 4 rings (SSSR count). The fourth-order valence-electron chi connectivity index (χ4n) is 3.63. The van der Waals surface area contributed by atoms with Crippen LogP contribution in [0.1, 0.15) is 28.2 Å². The van der Waals surface area contributed by atoms with Gasteiger partial charge in [-0.3, -0.25) is 14.5 Å². The summed E-state index contributed by atoms with van der Waals surface area (Å²) < 4.78 is 0. The number of azo groups is 1. The van der Waals surface area contributed by atoms with E-state index in [0.717, 1.165) is 48.7 Å². The lowest BCUT2D eigenvalue weighted by Gasteiger charge is -2.31. The molecule has 2 amide bonds. The second-order valence-corrected chi connectivity index (χ2v) is 8.78. The number of benzene rings is 2. The largest absolute Gasteiger partial charge is 0.348 e. The maximum Gasteiger partial charge on any atom is 0.263 e. The van der Waals surface area contributed by atoms with E-state index in [9.17, 15) is 9.59 Å². The lowest BCUT2D eigenvalue weighted by atomic mass is 10.0. The Morgan fingerprint density at radius 3 is 2.33 bits per heavy atom. The molecule has 0 atom stereocenters. The summed E-state index contributed by atoms with van der Waals surface area (Å²) >= 11 is 1.36. The number of hydrogen-bond donors (Lipinski definition) is 2. The number of aryl methyl sites for hydroxylation is 1. The summed E-state index contributed by atoms with van der Waals surface area (Å²) in [4.78, 5) is 31.7. The van der Waals surface area contributed by atoms with Crippen molar-refractivity contribution in [3.8, 4) is 0 Å². The first kappa shape index (κ1) is 22.8. The molecule has 170 valence electrons. The molecule has 0 aliphatic carbocycles. The first-order valence-electron chi connectivity index (χ1n) is 10.9. The molecule has 0 saturated carbocycles. The van der Waals surface area contributed by atoms with E-state index in [2.05, 4.69) is 30.7 Å². The van der Waals surface area contributed by atoms with Gasteiger partial charge in [-0.2, -0.15) is 10.2 Å². The number of piperidine rings is 1. The maximum atomic E-state index is 12.5. The molecule has 0 bridgehead atoms. The predicted octanol–water partition coefficient (Wildman–Crippen LogP) is 4.70. The Bertz CT molecular complexity index is 1110. The van der Waals surface area contributed by atoms with Crippen LogP contribution in [0.25, 0.3) is 0 Å². The van der Waals surface area contributed by atoms with E-state index >= 15 is 0 Å². The van der Waals surface area contributed by atoms with Crippen molar-refractivity contribution in [1.29, 1.82) is 0 Å². The van der Waals surface area contributed by atoms with E-state index in [1.807, 2.05) is 61.5 Å². The van der Waals surface area contributed by atoms with Crippen LogP contribution in [-0.2, 0) is 4.79 Å². The molecule has 9 heteroatoms. The molecular formula is C24H26N6O2S. The van der Waals surface area contributed by atoms with Crippen LogP contribution in [0.2, 0.25) is 0 Å². The molecule has 1 aliphatic rings. The van der Waals surface area contributed by atoms with Crippen LogP contribution in [0.4, 0.5) is 17.1 Å². The molecule has 2 N–H and O–H groups in total. The van der Waals surface area contributed by atoms with Crippen LogP contribution in [0.15, 0.2) is 70.3 Å². The van der Waals surface area contributed by atoms with Crippen molar-refractivity contribution in [3.63, 3.8) is 0 Å². The van der Waals surface area contributed by atoms with Crippen molar-refractivity contribution in [1.82, 2.24) is 15.2 Å². The molecule has 0 spiro atoms. The number of carbonyl (C=O) groups is 2. The highest BCUT2D eigenvalue weighted by molar-refractivity contribution is 7.11. The van der Waals surface area contributed by atoms with E-state index in [4.69, 9.17) is 0 Å². The molecule has 33 heavy (non-hydrogen) atoms. The lowest BCUT2D eigenvalue weighted by molar-refractivity contribution is -0.117. The smallest absolute Gasteiger partial charge is 0.263 e. The molecule has 3 aromatic rings. The average molecular weight is 463 g/mol. The second kappa shape index (κ2) is 10.9. The van der Waals surface area contributed by atoms with Gasteiger partial charge in [-0.25, -0.2) is 4.98 Å². The van der Waals surface area contributed by atoms with Crippen molar-refractivity contribution in [2.75, 3.05) is 25.0 Å². The van der Waals surface area contributed by atoms with Crippen LogP contribution >= 0.6 is 11.3 Å². The summed E-state index contributed by atoms with van der Waals surface area (Å²) in [6.07, 6.45) is 1.63. The van der Waals surface area contributed by atoms with E-state index in [0.29, 0.717) is 11.4 Å². The van der Waals surface area contributed by atoms with Crippen molar-refractivity contribution < 1.29 is 9.59 Å². The molecule has 0 radical (unpaired) electrons. The van der Waals surface area contributed by atoms with Gasteiger partial charge in [0, 0.05) is 24.8 Å². The molecule has 0 unspecified atom stereocenters. The zero-order chi connectivity index (χ0) is 23.0. The number of nitrogens with zero attached hydrogens (tertiary/aromatic N) is 4. The van der Waals surface area contributed by atoms with Gasteiger partial charge in [0.05, 0.1) is 29.1 Å². The zero-order valence-corrected chi connectivity index (χ0v) is 19.2. The molecule has 2 heterocycles. The normalized spacial score (nSPS) is 14.9. The van der Waals surface area contributed by atoms with Crippen LogP contribution in [0.5, 0.6) is 0 Å². The fourth-order valence-corrected chi connectivity index (χ4v) is 4.34. The highest BCUT2D eigenvalue weighted by Crippen LogP contribution is 2.20. The first-order valence-corrected chi connectivity index (χ1v) is 11.7. The quantitative estimate of drug-likeness (QED) is 0.497. The lowest BCUT2D eigenvalue weighted by Crippen LogP contribution is -2.46. The Morgan fingerprint density at radius 1 is 1.03 bits per heavy atom. The predicted molar refractivity (Wildman–Crippen MR) is 129 cm³/mol. The summed E-state index contributed by atoms with van der Waals surface area (Å²) in [5.41, 5.74) is 4.68. The Kier molecular flexibility index (Phi) is 7.54. The highest BCUT2D eigenvalue weighted by atomic mass is 32.1. The van der Waals surface area contributed by atoms with E-state index in [-0.39, 0.29) is 17.9 Å². The molecule has 2 aromatic carbocycles. The average Bonchev–Trinajstić information content (AvgIpc) is 3.26. The Hall–Kier alpha value is -3.43. The number of thiazole rings is 1. The Morgan fingerprint density at radius 2 is 1.70 bits per heavy atom. The molecular weight excluding hydrogens is 436 g/mol. The minimum absolute atomic E-state index is 0.0575. The Labute approximate surface area is 196 Å². The van der Waals surface area contributed by atoms with Crippen molar-refractivity contribution in [3.05, 3.63) is 70.7 Å². The van der Waals surface area contributed by atoms with E-state index in [1.54, 1.807) is 5.51 Å². The third-order valence-corrected chi connectivity index (χ3v) is 6.36. The number of nitrogens with one attached hydrogen (secondary N) is 2. The summed E-state index contributed by atoms with van der Waals surface area (Å²) in [6.45, 7) is 3.69. The highest BCUT2D eigenvalue weighted by Gasteiger charge is 2.23. The van der Waals surface area contributed by atoms with Crippen molar-refractivity contribution >= 4 is 40.2 Å². The minimum Gasteiger partial charge on any atom is -0.348 e. The second-order valence-electron chi connectivity index (χ2n) is 7.92. The van der Waals surface area contributed by atoms with Gasteiger partial charge in [0.1, 0.15) is 4.88 Å².